The number of hydrogen-bond acceptors (Lipinski definition) is 2. The predicted molar refractivity (Wildman–Crippen MR) is 84.3 cm³/mol. The topological polar surface area (TPSA) is 29.3 Å². The number of anilines is 1. The third kappa shape index (κ3) is 4.78. The summed E-state index contributed by atoms with van der Waals surface area (Å²) in [5, 5.41) is 0. The van der Waals surface area contributed by atoms with E-state index in [1.54, 1.807) is 12.1 Å². The number of benzene rings is 1. The summed E-state index contributed by atoms with van der Waals surface area (Å²) in [5.74, 6) is -0.331. The molecule has 0 aliphatic carbocycles. The minimum atomic E-state index is -0.331. The summed E-state index contributed by atoms with van der Waals surface area (Å²) in [6, 6.07) is 5.13. The van der Waals surface area contributed by atoms with E-state index >= 15 is 0 Å². The highest BCUT2D eigenvalue weighted by molar-refractivity contribution is 7.80. The standard InChI is InChI=1S/C15H23FN2S/c1-3-5-9-18(10-6-4-2)12-7-8-13(15(17)19)14(16)11-12/h7-8,11H,3-6,9-10H2,1-2H3,(H2,17,19). The maximum Gasteiger partial charge on any atom is 0.135 e. The molecule has 2 N–H and O–H groups in total. The molecule has 0 amide bonds. The average molecular weight is 282 g/mol. The van der Waals surface area contributed by atoms with Gasteiger partial charge in [-0.25, -0.2) is 4.39 Å². The zero-order valence-corrected chi connectivity index (χ0v) is 12.6. The molecule has 0 spiro atoms. The largest absolute Gasteiger partial charge is 0.389 e. The number of nitrogens with zero attached hydrogens (tertiary/aromatic N) is 1. The minimum absolute atomic E-state index is 0.109. The van der Waals surface area contributed by atoms with Crippen molar-refractivity contribution >= 4 is 22.9 Å². The van der Waals surface area contributed by atoms with Crippen LogP contribution in [0.4, 0.5) is 10.1 Å². The van der Waals surface area contributed by atoms with Gasteiger partial charge in [0.15, 0.2) is 0 Å². The maximum absolute atomic E-state index is 13.9. The van der Waals surface area contributed by atoms with Crippen molar-refractivity contribution in [2.45, 2.75) is 39.5 Å². The summed E-state index contributed by atoms with van der Waals surface area (Å²) < 4.78 is 13.9. The zero-order valence-electron chi connectivity index (χ0n) is 11.8. The van der Waals surface area contributed by atoms with Gasteiger partial charge in [0, 0.05) is 24.3 Å². The predicted octanol–water partition coefficient (Wildman–Crippen LogP) is 3.87. The van der Waals surface area contributed by atoms with E-state index in [4.69, 9.17) is 18.0 Å². The molecule has 1 aromatic rings. The Kier molecular flexibility index (Phi) is 6.78. The van der Waals surface area contributed by atoms with Crippen LogP contribution >= 0.6 is 12.2 Å². The van der Waals surface area contributed by atoms with Crippen LogP contribution in [0.15, 0.2) is 18.2 Å². The molecular weight excluding hydrogens is 259 g/mol. The maximum atomic E-state index is 13.9. The van der Waals surface area contributed by atoms with Crippen molar-refractivity contribution in [3.8, 4) is 0 Å². The Morgan fingerprint density at radius 2 is 1.79 bits per heavy atom. The number of rotatable bonds is 8. The van der Waals surface area contributed by atoms with Gasteiger partial charge >= 0.3 is 0 Å². The molecule has 1 aromatic carbocycles. The van der Waals surface area contributed by atoms with Gasteiger partial charge in [0.2, 0.25) is 0 Å². The van der Waals surface area contributed by atoms with Gasteiger partial charge in [0.25, 0.3) is 0 Å². The van der Waals surface area contributed by atoms with E-state index in [0.717, 1.165) is 44.5 Å². The van der Waals surface area contributed by atoms with Crippen LogP contribution < -0.4 is 10.6 Å². The third-order valence-electron chi connectivity index (χ3n) is 3.15. The van der Waals surface area contributed by atoms with E-state index in [1.165, 1.54) is 0 Å². The van der Waals surface area contributed by atoms with E-state index in [-0.39, 0.29) is 10.8 Å². The SMILES string of the molecule is CCCCN(CCCC)c1ccc(C(N)=S)c(F)c1. The molecule has 0 saturated heterocycles. The Morgan fingerprint density at radius 1 is 1.21 bits per heavy atom. The molecule has 0 aromatic heterocycles. The second-order valence-electron chi connectivity index (χ2n) is 4.72. The Bertz CT molecular complexity index is 413. The molecule has 1 rings (SSSR count). The van der Waals surface area contributed by atoms with Crippen molar-refractivity contribution in [1.29, 1.82) is 0 Å². The summed E-state index contributed by atoms with van der Waals surface area (Å²) >= 11 is 4.82. The second kappa shape index (κ2) is 8.10. The molecule has 0 atom stereocenters. The van der Waals surface area contributed by atoms with E-state index in [0.29, 0.717) is 5.56 Å². The number of thiocarbonyl (C=S) groups is 1. The first-order valence-corrected chi connectivity index (χ1v) is 7.35. The number of nitrogens with two attached hydrogens (primary N) is 1. The van der Waals surface area contributed by atoms with Gasteiger partial charge in [-0.3, -0.25) is 0 Å². The fourth-order valence-corrected chi connectivity index (χ4v) is 2.13. The molecule has 0 fully saturated rings. The van der Waals surface area contributed by atoms with E-state index in [1.807, 2.05) is 6.07 Å². The summed E-state index contributed by atoms with van der Waals surface area (Å²) in [5.41, 5.74) is 6.72. The summed E-state index contributed by atoms with van der Waals surface area (Å²) in [4.78, 5) is 2.34. The molecule has 2 nitrogen and oxygen atoms in total. The van der Waals surface area contributed by atoms with Crippen molar-refractivity contribution in [3.63, 3.8) is 0 Å². The first-order chi connectivity index (χ1) is 9.10. The van der Waals surface area contributed by atoms with Crippen LogP contribution in [-0.4, -0.2) is 18.1 Å². The lowest BCUT2D eigenvalue weighted by Gasteiger charge is -2.25. The molecule has 0 aliphatic rings. The van der Waals surface area contributed by atoms with E-state index in [2.05, 4.69) is 18.7 Å². The summed E-state index contributed by atoms with van der Waals surface area (Å²) in [6.07, 6.45) is 4.50. The van der Waals surface area contributed by atoms with Gasteiger partial charge in [-0.1, -0.05) is 38.9 Å². The summed E-state index contributed by atoms with van der Waals surface area (Å²) in [6.45, 7) is 6.24. The number of hydrogen-bond donors (Lipinski definition) is 1. The van der Waals surface area contributed by atoms with Crippen LogP contribution in [0.1, 0.15) is 45.1 Å². The number of halogens is 1. The molecule has 19 heavy (non-hydrogen) atoms. The van der Waals surface area contributed by atoms with Crippen LogP contribution in [0, 0.1) is 5.82 Å². The molecule has 0 bridgehead atoms. The van der Waals surface area contributed by atoms with Crippen molar-refractivity contribution in [2.75, 3.05) is 18.0 Å². The van der Waals surface area contributed by atoms with Gasteiger partial charge < -0.3 is 10.6 Å². The monoisotopic (exact) mass is 282 g/mol. The van der Waals surface area contributed by atoms with Gasteiger partial charge in [-0.05, 0) is 31.0 Å². The quantitative estimate of drug-likeness (QED) is 0.734. The Labute approximate surface area is 120 Å². The lowest BCUT2D eigenvalue weighted by Crippen LogP contribution is -2.26. The molecular formula is C15H23FN2S. The smallest absolute Gasteiger partial charge is 0.135 e. The van der Waals surface area contributed by atoms with Crippen LogP contribution in [0.5, 0.6) is 0 Å². The lowest BCUT2D eigenvalue weighted by atomic mass is 10.1. The van der Waals surface area contributed by atoms with Crippen LogP contribution in [0.2, 0.25) is 0 Å². The van der Waals surface area contributed by atoms with Crippen molar-refractivity contribution in [1.82, 2.24) is 0 Å². The van der Waals surface area contributed by atoms with Gasteiger partial charge in [0.05, 0.1) is 0 Å². The van der Waals surface area contributed by atoms with Crippen molar-refractivity contribution in [3.05, 3.63) is 29.6 Å². The zero-order chi connectivity index (χ0) is 14.3. The first-order valence-electron chi connectivity index (χ1n) is 6.94. The Hall–Kier alpha value is -1.16. The minimum Gasteiger partial charge on any atom is -0.389 e. The molecule has 4 heteroatoms. The number of unbranched alkanes of at least 4 members (excludes halogenated alkanes) is 2. The van der Waals surface area contributed by atoms with Gasteiger partial charge in [0.1, 0.15) is 10.8 Å². The highest BCUT2D eigenvalue weighted by Gasteiger charge is 2.10. The second-order valence-corrected chi connectivity index (χ2v) is 5.16. The molecule has 106 valence electrons. The van der Waals surface area contributed by atoms with E-state index < -0.39 is 0 Å². The van der Waals surface area contributed by atoms with Crippen LogP contribution in [0.25, 0.3) is 0 Å². The highest BCUT2D eigenvalue weighted by Crippen LogP contribution is 2.20. The van der Waals surface area contributed by atoms with E-state index in [9.17, 15) is 4.39 Å². The normalized spacial score (nSPS) is 10.5. The van der Waals surface area contributed by atoms with Crippen molar-refractivity contribution < 1.29 is 4.39 Å². The highest BCUT2D eigenvalue weighted by atomic mass is 32.1. The molecule has 0 unspecified atom stereocenters. The van der Waals surface area contributed by atoms with Crippen LogP contribution in [-0.2, 0) is 0 Å². The lowest BCUT2D eigenvalue weighted by molar-refractivity contribution is 0.621. The summed E-state index contributed by atoms with van der Waals surface area (Å²) in [7, 11) is 0. The Morgan fingerprint density at radius 3 is 2.21 bits per heavy atom. The first kappa shape index (κ1) is 15.9. The molecule has 0 aliphatic heterocycles. The van der Waals surface area contributed by atoms with Gasteiger partial charge in [-0.2, -0.15) is 0 Å². The van der Waals surface area contributed by atoms with Crippen LogP contribution in [0.3, 0.4) is 0 Å². The van der Waals surface area contributed by atoms with Crippen molar-refractivity contribution in [2.24, 2.45) is 5.73 Å². The molecule has 0 radical (unpaired) electrons. The third-order valence-corrected chi connectivity index (χ3v) is 3.37. The van der Waals surface area contributed by atoms with Gasteiger partial charge in [-0.15, -0.1) is 0 Å². The fraction of sp³-hybridized carbons (Fsp3) is 0.533. The Balaban J connectivity index is 2.88. The molecule has 0 heterocycles. The fourth-order valence-electron chi connectivity index (χ4n) is 1.97. The molecule has 0 saturated carbocycles. The average Bonchev–Trinajstić information content (AvgIpc) is 2.38.